The average molecular weight is 505 g/mol. The zero-order chi connectivity index (χ0) is 18.4. The molecule has 0 saturated carbocycles. The lowest BCUT2D eigenvalue weighted by Gasteiger charge is -2.36. The molecule has 0 bridgehead atoms. The van der Waals surface area contributed by atoms with Crippen LogP contribution in [0.4, 0.5) is 0 Å². The molecule has 0 radical (unpaired) electrons. The largest absolute Gasteiger partial charge is 0.357 e. The quantitative estimate of drug-likeness (QED) is 0.380. The second kappa shape index (κ2) is 11.2. The molecule has 2 aliphatic rings. The van der Waals surface area contributed by atoms with Gasteiger partial charge in [0.2, 0.25) is 5.91 Å². The Morgan fingerprint density at radius 3 is 2.41 bits per heavy atom. The molecule has 3 rings (SSSR count). The Labute approximate surface area is 184 Å². The van der Waals surface area contributed by atoms with Gasteiger partial charge in [-0.25, -0.2) is 0 Å². The van der Waals surface area contributed by atoms with Crippen LogP contribution < -0.4 is 5.32 Å². The van der Waals surface area contributed by atoms with Crippen LogP contribution in [0.1, 0.15) is 37.6 Å². The number of amides is 1. The molecule has 1 atom stereocenters. The molecule has 2 fully saturated rings. The van der Waals surface area contributed by atoms with Gasteiger partial charge < -0.3 is 15.1 Å². The van der Waals surface area contributed by atoms with Crippen LogP contribution in [0.25, 0.3) is 0 Å². The van der Waals surface area contributed by atoms with Crippen LogP contribution in [0.2, 0.25) is 0 Å². The number of aliphatic imine (C=N–C) groups is 1. The predicted molar refractivity (Wildman–Crippen MR) is 123 cm³/mol. The summed E-state index contributed by atoms with van der Waals surface area (Å²) >= 11 is 1.83. The van der Waals surface area contributed by atoms with Crippen LogP contribution in [0, 0.1) is 0 Å². The molecule has 2 saturated heterocycles. The number of hydrogen-bond donors (Lipinski definition) is 1. The van der Waals surface area contributed by atoms with Gasteiger partial charge in [-0.15, -0.1) is 35.3 Å². The van der Waals surface area contributed by atoms with Gasteiger partial charge in [-0.05, 0) is 44.3 Å². The van der Waals surface area contributed by atoms with E-state index >= 15 is 0 Å². The summed E-state index contributed by atoms with van der Waals surface area (Å²) in [4.78, 5) is 24.7. The maximum atomic E-state index is 11.6. The zero-order valence-corrected chi connectivity index (χ0v) is 19.5. The van der Waals surface area contributed by atoms with Crippen LogP contribution in [0.15, 0.2) is 22.5 Å². The summed E-state index contributed by atoms with van der Waals surface area (Å²) < 4.78 is 0. The fourth-order valence-corrected chi connectivity index (χ4v) is 4.60. The van der Waals surface area contributed by atoms with Crippen LogP contribution in [0.3, 0.4) is 0 Å². The second-order valence-electron chi connectivity index (χ2n) is 6.96. The number of guanidine groups is 1. The lowest BCUT2D eigenvalue weighted by molar-refractivity contribution is -0.130. The first-order valence-corrected chi connectivity index (χ1v) is 10.6. The Balaban J connectivity index is 0.00000261. The van der Waals surface area contributed by atoms with Gasteiger partial charge in [0, 0.05) is 44.5 Å². The Bertz CT molecular complexity index is 595. The zero-order valence-electron chi connectivity index (χ0n) is 16.4. The highest BCUT2D eigenvalue weighted by atomic mass is 127. The van der Waals surface area contributed by atoms with E-state index in [0.29, 0.717) is 6.04 Å². The number of thiophene rings is 1. The van der Waals surface area contributed by atoms with Crippen molar-refractivity contribution < 1.29 is 4.79 Å². The third kappa shape index (κ3) is 6.05. The molecule has 0 spiro atoms. The molecular formula is C19H32IN5OS. The van der Waals surface area contributed by atoms with Gasteiger partial charge in [0.05, 0.1) is 12.6 Å². The molecule has 8 heteroatoms. The molecule has 1 amide bonds. The van der Waals surface area contributed by atoms with Gasteiger partial charge in [0.15, 0.2) is 5.96 Å². The molecule has 1 N–H and O–H groups in total. The Morgan fingerprint density at radius 1 is 1.19 bits per heavy atom. The normalized spacial score (nSPS) is 19.7. The summed E-state index contributed by atoms with van der Waals surface area (Å²) in [5.41, 5.74) is 0. The van der Waals surface area contributed by atoms with Crippen molar-refractivity contribution >= 4 is 47.2 Å². The molecule has 3 heterocycles. The lowest BCUT2D eigenvalue weighted by atomic mass is 10.2. The van der Waals surface area contributed by atoms with Crippen molar-refractivity contribution in [2.45, 2.75) is 32.7 Å². The number of piperazine rings is 1. The lowest BCUT2D eigenvalue weighted by Crippen LogP contribution is -2.53. The smallest absolute Gasteiger partial charge is 0.219 e. The van der Waals surface area contributed by atoms with Gasteiger partial charge in [-0.3, -0.25) is 14.7 Å². The molecule has 6 nitrogen and oxygen atoms in total. The first-order valence-electron chi connectivity index (χ1n) is 9.75. The van der Waals surface area contributed by atoms with E-state index in [1.165, 1.54) is 30.8 Å². The van der Waals surface area contributed by atoms with Gasteiger partial charge in [-0.2, -0.15) is 0 Å². The van der Waals surface area contributed by atoms with Crippen molar-refractivity contribution in [2.75, 3.05) is 52.4 Å². The first kappa shape index (κ1) is 22.4. The number of nitrogens with one attached hydrogen (secondary N) is 1. The molecule has 2 aliphatic heterocycles. The summed E-state index contributed by atoms with van der Waals surface area (Å²) in [7, 11) is 0. The molecule has 1 aromatic heterocycles. The fraction of sp³-hybridized carbons (Fsp3) is 0.684. The monoisotopic (exact) mass is 505 g/mol. The number of carbonyl (C=O) groups excluding carboxylic acids is 1. The van der Waals surface area contributed by atoms with Crippen molar-refractivity contribution in [1.82, 2.24) is 20.0 Å². The maximum Gasteiger partial charge on any atom is 0.219 e. The van der Waals surface area contributed by atoms with Gasteiger partial charge in [0.1, 0.15) is 0 Å². The number of hydrogen-bond acceptors (Lipinski definition) is 4. The molecule has 1 aromatic rings. The van der Waals surface area contributed by atoms with E-state index in [2.05, 4.69) is 39.6 Å². The fourth-order valence-electron chi connectivity index (χ4n) is 3.75. The van der Waals surface area contributed by atoms with Gasteiger partial charge >= 0.3 is 0 Å². The van der Waals surface area contributed by atoms with Crippen molar-refractivity contribution in [3.63, 3.8) is 0 Å². The number of halogens is 1. The molecule has 0 aliphatic carbocycles. The van der Waals surface area contributed by atoms with E-state index in [0.717, 1.165) is 45.2 Å². The number of rotatable bonds is 5. The average Bonchev–Trinajstić information content (AvgIpc) is 3.36. The topological polar surface area (TPSA) is 51.2 Å². The highest BCUT2D eigenvalue weighted by molar-refractivity contribution is 14.0. The maximum absolute atomic E-state index is 11.6. The SMILES string of the molecule is CCNC(=NCC(c1cccs1)N1CCCC1)N1CCN(C(C)=O)CC1.I. The standard InChI is InChI=1S/C19H31N5OS.HI/c1-3-20-19(24-12-10-22(11-13-24)16(2)25)21-15-17(18-7-6-14-26-18)23-8-4-5-9-23;/h6-7,14,17H,3-5,8-13,15H2,1-2H3,(H,20,21);1H. The minimum absolute atomic E-state index is 0. The highest BCUT2D eigenvalue weighted by Crippen LogP contribution is 2.28. The number of likely N-dealkylation sites (tertiary alicyclic amines) is 1. The molecule has 152 valence electrons. The third-order valence-corrected chi connectivity index (χ3v) is 6.20. The predicted octanol–water partition coefficient (Wildman–Crippen LogP) is 2.63. The molecule has 0 aromatic carbocycles. The van der Waals surface area contributed by atoms with E-state index in [1.54, 1.807) is 6.92 Å². The van der Waals surface area contributed by atoms with Crippen molar-refractivity contribution in [3.8, 4) is 0 Å². The summed E-state index contributed by atoms with van der Waals surface area (Å²) in [5.74, 6) is 1.15. The van der Waals surface area contributed by atoms with Crippen molar-refractivity contribution in [1.29, 1.82) is 0 Å². The molecule has 1 unspecified atom stereocenters. The summed E-state index contributed by atoms with van der Waals surface area (Å²) in [5, 5.41) is 5.61. The Hall–Kier alpha value is -0.870. The van der Waals surface area contributed by atoms with Gasteiger partial charge in [-0.1, -0.05) is 6.07 Å². The van der Waals surface area contributed by atoms with E-state index in [4.69, 9.17) is 4.99 Å². The van der Waals surface area contributed by atoms with E-state index < -0.39 is 0 Å². The van der Waals surface area contributed by atoms with Crippen LogP contribution in [-0.4, -0.2) is 78.9 Å². The second-order valence-corrected chi connectivity index (χ2v) is 7.94. The Kier molecular flexibility index (Phi) is 9.31. The third-order valence-electron chi connectivity index (χ3n) is 5.23. The minimum Gasteiger partial charge on any atom is -0.357 e. The number of carbonyl (C=O) groups is 1. The minimum atomic E-state index is 0. The van der Waals surface area contributed by atoms with E-state index in [9.17, 15) is 4.79 Å². The summed E-state index contributed by atoms with van der Waals surface area (Å²) in [6.45, 7) is 11.0. The van der Waals surface area contributed by atoms with E-state index in [-0.39, 0.29) is 29.9 Å². The summed E-state index contributed by atoms with van der Waals surface area (Å²) in [6.07, 6.45) is 2.58. The van der Waals surface area contributed by atoms with E-state index in [1.807, 2.05) is 16.2 Å². The van der Waals surface area contributed by atoms with Crippen molar-refractivity contribution in [2.24, 2.45) is 4.99 Å². The van der Waals surface area contributed by atoms with Crippen molar-refractivity contribution in [3.05, 3.63) is 22.4 Å². The molecule has 27 heavy (non-hydrogen) atoms. The number of nitrogens with zero attached hydrogens (tertiary/aromatic N) is 4. The molecular weight excluding hydrogens is 473 g/mol. The Morgan fingerprint density at radius 2 is 1.85 bits per heavy atom. The van der Waals surface area contributed by atoms with Crippen LogP contribution >= 0.6 is 35.3 Å². The highest BCUT2D eigenvalue weighted by Gasteiger charge is 2.25. The summed E-state index contributed by atoms with van der Waals surface area (Å²) in [6, 6.07) is 4.76. The van der Waals surface area contributed by atoms with Crippen LogP contribution in [-0.2, 0) is 4.79 Å². The first-order chi connectivity index (χ1) is 12.7. The van der Waals surface area contributed by atoms with Gasteiger partial charge in [0.25, 0.3) is 0 Å². The van der Waals surface area contributed by atoms with Crippen LogP contribution in [0.5, 0.6) is 0 Å².